The predicted octanol–water partition coefficient (Wildman–Crippen LogP) is 4.69. The molecular weight excluding hydrogens is 456 g/mol. The second kappa shape index (κ2) is 7.38. The van der Waals surface area contributed by atoms with Gasteiger partial charge in [0, 0.05) is 31.8 Å². The summed E-state index contributed by atoms with van der Waals surface area (Å²) < 4.78 is 0.987. The molecule has 1 aromatic heterocycles. The van der Waals surface area contributed by atoms with Gasteiger partial charge < -0.3 is 15.6 Å². The fraction of sp³-hybridized carbons (Fsp3) is 0.375. The van der Waals surface area contributed by atoms with Gasteiger partial charge in [0.1, 0.15) is 11.1 Å². The highest BCUT2D eigenvalue weighted by Crippen LogP contribution is 2.37. The number of aromatic amines is 1. The van der Waals surface area contributed by atoms with Gasteiger partial charge in [-0.2, -0.15) is 5.26 Å². The first kappa shape index (κ1) is 20.1. The lowest BCUT2D eigenvalue weighted by Gasteiger charge is -2.37. The first-order valence-electron chi connectivity index (χ1n) is 10.7. The lowest BCUT2D eigenvalue weighted by atomic mass is 9.80. The molecule has 2 amide bonds. The van der Waals surface area contributed by atoms with Gasteiger partial charge in [0.25, 0.3) is 5.91 Å². The Balaban J connectivity index is 1.43. The Labute approximate surface area is 188 Å². The zero-order valence-electron chi connectivity index (χ0n) is 17.1. The highest BCUT2D eigenvalue weighted by atomic mass is 79.9. The summed E-state index contributed by atoms with van der Waals surface area (Å²) in [6.07, 6.45) is 5.33. The quantitative estimate of drug-likeness (QED) is 0.507. The Bertz CT molecular complexity index is 1250. The molecule has 2 aromatic carbocycles. The number of nitriles is 1. The third-order valence-corrected chi connectivity index (χ3v) is 7.13. The van der Waals surface area contributed by atoms with Crippen LogP contribution in [0.4, 0.5) is 0 Å². The summed E-state index contributed by atoms with van der Waals surface area (Å²) in [5, 5.41) is 17.5. The lowest BCUT2D eigenvalue weighted by Crippen LogP contribution is -2.61. The predicted molar refractivity (Wildman–Crippen MR) is 123 cm³/mol. The zero-order chi connectivity index (χ0) is 21.6. The van der Waals surface area contributed by atoms with E-state index >= 15 is 0 Å². The SMILES string of the molecule is N#CC1(NC(=O)C2(NC(=O)c3ccc4c(c3)[nH]c3cc(Br)ccc34)CCCCC2)CC1. The first-order valence-corrected chi connectivity index (χ1v) is 11.5. The van der Waals surface area contributed by atoms with E-state index in [0.29, 0.717) is 31.2 Å². The van der Waals surface area contributed by atoms with Crippen molar-refractivity contribution in [1.82, 2.24) is 15.6 Å². The summed E-state index contributed by atoms with van der Waals surface area (Å²) in [6.45, 7) is 0. The van der Waals surface area contributed by atoms with Gasteiger partial charge in [-0.05, 0) is 49.9 Å². The Morgan fingerprint density at radius 3 is 2.29 bits per heavy atom. The van der Waals surface area contributed by atoms with Gasteiger partial charge >= 0.3 is 0 Å². The lowest BCUT2D eigenvalue weighted by molar-refractivity contribution is -0.129. The van der Waals surface area contributed by atoms with Gasteiger partial charge in [-0.3, -0.25) is 9.59 Å². The molecule has 0 bridgehead atoms. The fourth-order valence-electron chi connectivity index (χ4n) is 4.60. The van der Waals surface area contributed by atoms with Crippen molar-refractivity contribution in [2.24, 2.45) is 0 Å². The van der Waals surface area contributed by atoms with Crippen LogP contribution in [-0.4, -0.2) is 27.9 Å². The van der Waals surface area contributed by atoms with E-state index in [0.717, 1.165) is 45.5 Å². The van der Waals surface area contributed by atoms with Crippen LogP contribution in [0.3, 0.4) is 0 Å². The average Bonchev–Trinajstić information content (AvgIpc) is 3.45. The Hall–Kier alpha value is -2.85. The molecule has 2 fully saturated rings. The van der Waals surface area contributed by atoms with Crippen LogP contribution in [0.1, 0.15) is 55.3 Å². The van der Waals surface area contributed by atoms with Gasteiger partial charge in [0.05, 0.1) is 6.07 Å². The molecule has 0 saturated heterocycles. The number of rotatable bonds is 4. The van der Waals surface area contributed by atoms with Crippen molar-refractivity contribution in [3.05, 3.63) is 46.4 Å². The summed E-state index contributed by atoms with van der Waals surface area (Å²) in [5.41, 5.74) is 0.684. The molecule has 1 heterocycles. The maximum atomic E-state index is 13.2. The summed E-state index contributed by atoms with van der Waals surface area (Å²) in [4.78, 5) is 29.8. The molecule has 31 heavy (non-hydrogen) atoms. The number of H-pyrrole nitrogens is 1. The molecule has 0 atom stereocenters. The maximum Gasteiger partial charge on any atom is 0.252 e. The van der Waals surface area contributed by atoms with E-state index in [9.17, 15) is 14.9 Å². The molecule has 158 valence electrons. The average molecular weight is 479 g/mol. The third kappa shape index (κ3) is 3.59. The van der Waals surface area contributed by atoms with Crippen molar-refractivity contribution in [3.63, 3.8) is 0 Å². The topological polar surface area (TPSA) is 97.8 Å². The van der Waals surface area contributed by atoms with Crippen LogP contribution in [0.25, 0.3) is 21.8 Å². The van der Waals surface area contributed by atoms with Gasteiger partial charge in [0.2, 0.25) is 5.91 Å². The molecule has 0 aliphatic heterocycles. The van der Waals surface area contributed by atoms with E-state index in [2.05, 4.69) is 37.6 Å². The van der Waals surface area contributed by atoms with Crippen LogP contribution in [0.2, 0.25) is 0 Å². The second-order valence-electron chi connectivity index (χ2n) is 8.82. The Morgan fingerprint density at radius 2 is 1.61 bits per heavy atom. The van der Waals surface area contributed by atoms with Crippen molar-refractivity contribution in [1.29, 1.82) is 5.26 Å². The number of halogens is 1. The first-order chi connectivity index (χ1) is 14.9. The molecule has 3 aromatic rings. The minimum Gasteiger partial charge on any atom is -0.354 e. The number of benzene rings is 2. The number of carbonyl (C=O) groups is 2. The molecule has 0 radical (unpaired) electrons. The maximum absolute atomic E-state index is 13.2. The highest BCUT2D eigenvalue weighted by molar-refractivity contribution is 9.10. The van der Waals surface area contributed by atoms with Crippen molar-refractivity contribution < 1.29 is 9.59 Å². The number of aromatic nitrogens is 1. The van der Waals surface area contributed by atoms with E-state index in [4.69, 9.17) is 0 Å². The minimum atomic E-state index is -0.956. The monoisotopic (exact) mass is 478 g/mol. The third-order valence-electron chi connectivity index (χ3n) is 6.63. The number of hydrogen-bond acceptors (Lipinski definition) is 3. The van der Waals surface area contributed by atoms with Gasteiger partial charge in [-0.1, -0.05) is 47.3 Å². The molecule has 3 N–H and O–H groups in total. The van der Waals surface area contributed by atoms with E-state index < -0.39 is 11.1 Å². The zero-order valence-corrected chi connectivity index (χ0v) is 18.6. The number of nitrogens with zero attached hydrogens (tertiary/aromatic N) is 1. The van der Waals surface area contributed by atoms with Gasteiger partial charge in [-0.25, -0.2) is 0 Å². The van der Waals surface area contributed by atoms with E-state index in [1.807, 2.05) is 30.3 Å². The molecule has 7 heteroatoms. The molecular formula is C24H23BrN4O2. The van der Waals surface area contributed by atoms with Crippen LogP contribution < -0.4 is 10.6 Å². The minimum absolute atomic E-state index is 0.226. The van der Waals surface area contributed by atoms with Crippen LogP contribution >= 0.6 is 15.9 Å². The van der Waals surface area contributed by atoms with Crippen molar-refractivity contribution in [2.75, 3.05) is 0 Å². The van der Waals surface area contributed by atoms with Crippen LogP contribution in [-0.2, 0) is 4.79 Å². The number of fused-ring (bicyclic) bond motifs is 3. The largest absolute Gasteiger partial charge is 0.354 e. The number of nitrogens with one attached hydrogen (secondary N) is 3. The van der Waals surface area contributed by atoms with Gasteiger partial charge in [-0.15, -0.1) is 0 Å². The van der Waals surface area contributed by atoms with Crippen molar-refractivity contribution in [2.45, 2.75) is 56.0 Å². The van der Waals surface area contributed by atoms with Crippen LogP contribution in [0, 0.1) is 11.3 Å². The second-order valence-corrected chi connectivity index (χ2v) is 9.74. The summed E-state index contributed by atoms with van der Waals surface area (Å²) in [6, 6.07) is 13.8. The molecule has 2 aliphatic rings. The molecule has 0 spiro atoms. The fourth-order valence-corrected chi connectivity index (χ4v) is 4.97. The van der Waals surface area contributed by atoms with Crippen LogP contribution in [0.15, 0.2) is 40.9 Å². The van der Waals surface area contributed by atoms with Crippen molar-refractivity contribution >= 4 is 49.6 Å². The number of amides is 2. The normalized spacial score (nSPS) is 19.0. The summed E-state index contributed by atoms with van der Waals surface area (Å²) in [7, 11) is 0. The number of hydrogen-bond donors (Lipinski definition) is 3. The highest BCUT2D eigenvalue weighted by Gasteiger charge is 2.50. The Kier molecular flexibility index (Phi) is 4.78. The van der Waals surface area contributed by atoms with E-state index in [1.165, 1.54) is 0 Å². The Morgan fingerprint density at radius 1 is 0.935 bits per heavy atom. The molecule has 0 unspecified atom stereocenters. The summed E-state index contributed by atoms with van der Waals surface area (Å²) in [5.74, 6) is -0.489. The van der Waals surface area contributed by atoms with E-state index in [-0.39, 0.29) is 11.8 Å². The smallest absolute Gasteiger partial charge is 0.252 e. The summed E-state index contributed by atoms with van der Waals surface area (Å²) >= 11 is 3.49. The van der Waals surface area contributed by atoms with E-state index in [1.54, 1.807) is 6.07 Å². The molecule has 2 saturated carbocycles. The molecule has 2 aliphatic carbocycles. The standard InChI is InChI=1S/C24H23BrN4O2/c25-16-5-7-18-17-6-4-15(12-19(17)27-20(18)13-16)21(30)28-24(8-2-1-3-9-24)22(31)29-23(14-26)10-11-23/h4-7,12-13,27H,1-3,8-11H2,(H,28,30)(H,29,31). The number of carbonyl (C=O) groups excluding carboxylic acids is 2. The molecule has 5 rings (SSSR count). The van der Waals surface area contributed by atoms with Crippen LogP contribution in [0.5, 0.6) is 0 Å². The van der Waals surface area contributed by atoms with Gasteiger partial charge in [0.15, 0.2) is 0 Å². The molecule has 6 nitrogen and oxygen atoms in total. The van der Waals surface area contributed by atoms with Crippen molar-refractivity contribution in [3.8, 4) is 6.07 Å².